The number of anilines is 1. The van der Waals surface area contributed by atoms with Crippen molar-refractivity contribution in [3.63, 3.8) is 0 Å². The van der Waals surface area contributed by atoms with Crippen LogP contribution in [-0.4, -0.2) is 31.2 Å². The third-order valence-corrected chi connectivity index (χ3v) is 4.27. The van der Waals surface area contributed by atoms with Crippen molar-refractivity contribution in [3.8, 4) is 0 Å². The minimum Gasteiger partial charge on any atom is -0.381 e. The van der Waals surface area contributed by atoms with E-state index in [9.17, 15) is 0 Å². The van der Waals surface area contributed by atoms with E-state index in [1.165, 1.54) is 5.56 Å². The largest absolute Gasteiger partial charge is 0.381 e. The second kappa shape index (κ2) is 7.63. The van der Waals surface area contributed by atoms with Crippen LogP contribution in [0.15, 0.2) is 48.5 Å². The Bertz CT molecular complexity index is 594. The van der Waals surface area contributed by atoms with Gasteiger partial charge in [0.1, 0.15) is 0 Å². The van der Waals surface area contributed by atoms with Crippen LogP contribution < -0.4 is 5.32 Å². The van der Waals surface area contributed by atoms with Crippen molar-refractivity contribution >= 4 is 17.3 Å². The van der Waals surface area contributed by atoms with Crippen LogP contribution >= 0.6 is 11.6 Å². The Morgan fingerprint density at radius 3 is 2.45 bits per heavy atom. The number of hydrogen-bond donors (Lipinski definition) is 1. The smallest absolute Gasteiger partial charge is 0.0594 e. The summed E-state index contributed by atoms with van der Waals surface area (Å²) in [5, 5.41) is 4.22. The molecule has 1 fully saturated rings. The Morgan fingerprint density at radius 1 is 1.00 bits per heavy atom. The first-order valence-corrected chi connectivity index (χ1v) is 8.05. The van der Waals surface area contributed by atoms with E-state index in [4.69, 9.17) is 16.3 Å². The highest BCUT2D eigenvalue weighted by atomic mass is 35.5. The minimum absolute atomic E-state index is 0.739. The molecule has 1 aliphatic heterocycles. The molecular formula is C18H21ClN2O. The van der Waals surface area contributed by atoms with Crippen LogP contribution in [0.5, 0.6) is 0 Å². The number of benzene rings is 2. The zero-order valence-electron chi connectivity index (χ0n) is 12.6. The van der Waals surface area contributed by atoms with Gasteiger partial charge in [0, 0.05) is 36.9 Å². The highest BCUT2D eigenvalue weighted by Crippen LogP contribution is 2.18. The summed E-state index contributed by atoms with van der Waals surface area (Å²) < 4.78 is 5.38. The van der Waals surface area contributed by atoms with Crippen LogP contribution in [0.25, 0.3) is 0 Å². The normalized spacial score (nSPS) is 15.7. The van der Waals surface area contributed by atoms with E-state index in [-0.39, 0.29) is 0 Å². The maximum atomic E-state index is 6.17. The minimum atomic E-state index is 0.739. The summed E-state index contributed by atoms with van der Waals surface area (Å²) in [7, 11) is 0. The van der Waals surface area contributed by atoms with Crippen molar-refractivity contribution < 1.29 is 4.74 Å². The Labute approximate surface area is 136 Å². The van der Waals surface area contributed by atoms with Gasteiger partial charge in [-0.2, -0.15) is 0 Å². The molecule has 22 heavy (non-hydrogen) atoms. The Morgan fingerprint density at radius 2 is 1.73 bits per heavy atom. The first-order valence-electron chi connectivity index (χ1n) is 7.67. The fourth-order valence-corrected chi connectivity index (χ4v) is 2.79. The molecule has 1 saturated heterocycles. The van der Waals surface area contributed by atoms with E-state index >= 15 is 0 Å². The maximum Gasteiger partial charge on any atom is 0.0594 e. The molecule has 0 unspecified atom stereocenters. The second-order valence-electron chi connectivity index (χ2n) is 5.53. The highest BCUT2D eigenvalue weighted by Gasteiger charge is 2.10. The molecule has 0 radical (unpaired) electrons. The SMILES string of the molecule is Clc1ccccc1CNc1ccc(CN2CCOCC2)cc1. The van der Waals surface area contributed by atoms with Gasteiger partial charge >= 0.3 is 0 Å². The van der Waals surface area contributed by atoms with E-state index in [2.05, 4.69) is 34.5 Å². The Balaban J connectivity index is 1.54. The Hall–Kier alpha value is -1.55. The average Bonchev–Trinajstić information content (AvgIpc) is 2.56. The molecule has 1 aliphatic rings. The summed E-state index contributed by atoms with van der Waals surface area (Å²) in [6, 6.07) is 16.6. The van der Waals surface area contributed by atoms with Gasteiger partial charge < -0.3 is 10.1 Å². The number of morpholine rings is 1. The van der Waals surface area contributed by atoms with Crippen LogP contribution in [0, 0.1) is 0 Å². The monoisotopic (exact) mass is 316 g/mol. The molecular weight excluding hydrogens is 296 g/mol. The number of halogens is 1. The van der Waals surface area contributed by atoms with Gasteiger partial charge in [-0.15, -0.1) is 0 Å². The quantitative estimate of drug-likeness (QED) is 0.908. The molecule has 1 N–H and O–H groups in total. The van der Waals surface area contributed by atoms with E-state index in [0.717, 1.165) is 55.7 Å². The van der Waals surface area contributed by atoms with Crippen LogP contribution in [0.1, 0.15) is 11.1 Å². The number of nitrogens with one attached hydrogen (secondary N) is 1. The lowest BCUT2D eigenvalue weighted by molar-refractivity contribution is 0.0342. The molecule has 3 nitrogen and oxygen atoms in total. The van der Waals surface area contributed by atoms with Crippen molar-refractivity contribution in [2.45, 2.75) is 13.1 Å². The molecule has 0 bridgehead atoms. The van der Waals surface area contributed by atoms with E-state index in [1.54, 1.807) is 0 Å². The van der Waals surface area contributed by atoms with Gasteiger partial charge in [0.2, 0.25) is 0 Å². The lowest BCUT2D eigenvalue weighted by atomic mass is 10.1. The van der Waals surface area contributed by atoms with Crippen LogP contribution in [0.3, 0.4) is 0 Å². The van der Waals surface area contributed by atoms with E-state index in [1.807, 2.05) is 24.3 Å². The van der Waals surface area contributed by atoms with Crippen molar-refractivity contribution in [2.75, 3.05) is 31.6 Å². The average molecular weight is 317 g/mol. The fourth-order valence-electron chi connectivity index (χ4n) is 2.58. The van der Waals surface area contributed by atoms with Gasteiger partial charge in [0.15, 0.2) is 0 Å². The zero-order valence-corrected chi connectivity index (χ0v) is 13.4. The van der Waals surface area contributed by atoms with Crippen LogP contribution in [-0.2, 0) is 17.8 Å². The molecule has 4 heteroatoms. The molecule has 116 valence electrons. The standard InChI is InChI=1S/C18H21ClN2O/c19-18-4-2-1-3-16(18)13-20-17-7-5-15(6-8-17)14-21-9-11-22-12-10-21/h1-8,20H,9-14H2. The van der Waals surface area contributed by atoms with Crippen LogP contribution in [0.2, 0.25) is 5.02 Å². The topological polar surface area (TPSA) is 24.5 Å². The number of rotatable bonds is 5. The Kier molecular flexibility index (Phi) is 5.33. The number of ether oxygens (including phenoxy) is 1. The molecule has 2 aromatic carbocycles. The van der Waals surface area contributed by atoms with Gasteiger partial charge in [-0.3, -0.25) is 4.90 Å². The third-order valence-electron chi connectivity index (χ3n) is 3.90. The van der Waals surface area contributed by atoms with E-state index in [0.29, 0.717) is 0 Å². The lowest BCUT2D eigenvalue weighted by Gasteiger charge is -2.26. The molecule has 0 aromatic heterocycles. The molecule has 2 aromatic rings. The molecule has 1 heterocycles. The molecule has 0 aliphatic carbocycles. The van der Waals surface area contributed by atoms with E-state index < -0.39 is 0 Å². The van der Waals surface area contributed by atoms with Crippen LogP contribution in [0.4, 0.5) is 5.69 Å². The van der Waals surface area contributed by atoms with Crippen molar-refractivity contribution in [3.05, 3.63) is 64.7 Å². The van der Waals surface area contributed by atoms with Gasteiger partial charge in [-0.05, 0) is 29.3 Å². The van der Waals surface area contributed by atoms with Crippen molar-refractivity contribution in [1.82, 2.24) is 4.90 Å². The summed E-state index contributed by atoms with van der Waals surface area (Å²) >= 11 is 6.17. The highest BCUT2D eigenvalue weighted by molar-refractivity contribution is 6.31. The predicted octanol–water partition coefficient (Wildman–Crippen LogP) is 3.78. The van der Waals surface area contributed by atoms with Gasteiger partial charge in [-0.1, -0.05) is 41.9 Å². The van der Waals surface area contributed by atoms with Crippen molar-refractivity contribution in [1.29, 1.82) is 0 Å². The lowest BCUT2D eigenvalue weighted by Crippen LogP contribution is -2.35. The van der Waals surface area contributed by atoms with Crippen molar-refractivity contribution in [2.24, 2.45) is 0 Å². The third kappa shape index (κ3) is 4.23. The van der Waals surface area contributed by atoms with Gasteiger partial charge in [0.25, 0.3) is 0 Å². The second-order valence-corrected chi connectivity index (χ2v) is 5.94. The summed E-state index contributed by atoms with van der Waals surface area (Å²) in [5.41, 5.74) is 3.57. The molecule has 0 spiro atoms. The first-order chi connectivity index (χ1) is 10.8. The van der Waals surface area contributed by atoms with Gasteiger partial charge in [0.05, 0.1) is 13.2 Å². The molecule has 0 saturated carbocycles. The predicted molar refractivity (Wildman–Crippen MR) is 91.3 cm³/mol. The first kappa shape index (κ1) is 15.3. The van der Waals surface area contributed by atoms with Gasteiger partial charge in [-0.25, -0.2) is 0 Å². The number of hydrogen-bond acceptors (Lipinski definition) is 3. The summed E-state index contributed by atoms with van der Waals surface area (Å²) in [6.07, 6.45) is 0. The summed E-state index contributed by atoms with van der Waals surface area (Å²) in [6.45, 7) is 5.46. The molecule has 0 atom stereocenters. The molecule has 3 rings (SSSR count). The number of nitrogens with zero attached hydrogens (tertiary/aromatic N) is 1. The maximum absolute atomic E-state index is 6.17. The summed E-state index contributed by atoms with van der Waals surface area (Å²) in [5.74, 6) is 0. The summed E-state index contributed by atoms with van der Waals surface area (Å²) in [4.78, 5) is 2.43. The molecule has 0 amide bonds. The zero-order chi connectivity index (χ0) is 15.2. The fraction of sp³-hybridized carbons (Fsp3) is 0.333.